The number of rotatable bonds is 24. The van der Waals surface area contributed by atoms with Crippen molar-refractivity contribution in [3.8, 4) is 11.5 Å². The molecular formula is C98H137N3O9. The number of ketones is 4. The summed E-state index contributed by atoms with van der Waals surface area (Å²) in [5, 5.41) is 0. The zero-order chi connectivity index (χ0) is 78.4. The molecule has 0 bridgehead atoms. The molecule has 3 unspecified atom stereocenters. The number of anilines is 2. The summed E-state index contributed by atoms with van der Waals surface area (Å²) in [6, 6.07) is 57.3. The van der Waals surface area contributed by atoms with Crippen molar-refractivity contribution in [3.05, 3.63) is 192 Å². The highest BCUT2D eigenvalue weighted by Gasteiger charge is 2.43. The molecule has 2 saturated heterocycles. The average Bonchev–Trinajstić information content (AvgIpc) is 0.802. The van der Waals surface area contributed by atoms with E-state index in [4.69, 9.17) is 9.47 Å². The number of carbonyl (C=O) groups excluding carboxylic acids is 6. The summed E-state index contributed by atoms with van der Waals surface area (Å²) in [4.78, 5) is 81.1. The van der Waals surface area contributed by atoms with Crippen molar-refractivity contribution < 1.29 is 43.0 Å². The van der Waals surface area contributed by atoms with Crippen LogP contribution in [0.3, 0.4) is 0 Å². The first-order chi connectivity index (χ1) is 53.5. The van der Waals surface area contributed by atoms with Crippen molar-refractivity contribution in [3.63, 3.8) is 0 Å². The smallest absolute Gasteiger partial charge is 0.308 e. The van der Waals surface area contributed by atoms with E-state index in [9.17, 15) is 28.8 Å². The first-order valence-electron chi connectivity index (χ1n) is 42.8. The van der Waals surface area contributed by atoms with Crippen molar-refractivity contribution in [1.82, 2.24) is 4.90 Å². The molecule has 0 amide bonds. The Morgan fingerprint density at radius 2 is 0.727 bits per heavy atom. The van der Waals surface area contributed by atoms with Crippen LogP contribution in [0.15, 0.2) is 170 Å². The maximum absolute atomic E-state index is 13.8. The molecule has 0 radical (unpaired) electrons. The van der Waals surface area contributed by atoms with Crippen LogP contribution in [0.5, 0.6) is 11.5 Å². The van der Waals surface area contributed by atoms with E-state index >= 15 is 0 Å². The Labute approximate surface area is 663 Å². The van der Waals surface area contributed by atoms with Crippen molar-refractivity contribution in [2.45, 2.75) is 256 Å². The number of esters is 1. The molecule has 0 aromatic heterocycles. The number of methoxy groups -OCH3 is 3. The van der Waals surface area contributed by atoms with Gasteiger partial charge in [-0.25, -0.2) is 0 Å². The molecule has 6 aromatic rings. The number of hydrogen-bond donors (Lipinski definition) is 0. The van der Waals surface area contributed by atoms with E-state index in [0.717, 1.165) is 152 Å². The van der Waals surface area contributed by atoms with Crippen LogP contribution in [0.1, 0.15) is 256 Å². The monoisotopic (exact) mass is 1500 g/mol. The molecule has 2 aliphatic heterocycles. The van der Waals surface area contributed by atoms with E-state index < -0.39 is 10.8 Å². The van der Waals surface area contributed by atoms with Crippen LogP contribution in [0, 0.1) is 35.5 Å². The predicted octanol–water partition coefficient (Wildman–Crippen LogP) is 21.9. The lowest BCUT2D eigenvalue weighted by Crippen LogP contribution is -2.48. The summed E-state index contributed by atoms with van der Waals surface area (Å²) in [5.41, 5.74) is 5.58. The Morgan fingerprint density at radius 1 is 0.391 bits per heavy atom. The van der Waals surface area contributed by atoms with Gasteiger partial charge < -0.3 is 28.8 Å². The quantitative estimate of drug-likeness (QED) is 0.0421. The predicted molar refractivity (Wildman–Crippen MR) is 452 cm³/mol. The second-order valence-corrected chi connectivity index (χ2v) is 33.5. The average molecular weight is 1500 g/mol. The van der Waals surface area contributed by atoms with E-state index in [1.165, 1.54) is 145 Å². The molecule has 598 valence electrons. The Bertz CT molecular complexity index is 3620. The van der Waals surface area contributed by atoms with E-state index in [1.54, 1.807) is 14.2 Å². The van der Waals surface area contributed by atoms with Crippen molar-refractivity contribution in [2.75, 3.05) is 76.9 Å². The van der Waals surface area contributed by atoms with Crippen LogP contribution in [0.4, 0.5) is 11.4 Å². The highest BCUT2D eigenvalue weighted by molar-refractivity contribution is 5.94. The van der Waals surface area contributed by atoms with Crippen LogP contribution in [-0.2, 0) is 56.2 Å². The SMILES string of the molecule is CC(C)CC(C)(C(=O)C1CCCCC1)c1ccccc1.CC(CC=O)(C(=O)C1CCCCC1)c1ccccc1.COC(=O)C1CCCCC1.COc1ccccc1N1CCCCC1.COc1ccccc1N1CCN(CCC(C)(C(=O)C2CCCCC2)c2ccccc2)CC1.O=C(Cc1ccccc1)C1CCCCC1. The minimum Gasteiger partial charge on any atom is -0.495 e. The fourth-order valence-electron chi connectivity index (χ4n) is 18.4. The van der Waals surface area contributed by atoms with Crippen molar-refractivity contribution >= 4 is 46.8 Å². The highest BCUT2D eigenvalue weighted by Crippen LogP contribution is 2.42. The Kier molecular flexibility index (Phi) is 37.5. The van der Waals surface area contributed by atoms with Gasteiger partial charge in [0.05, 0.1) is 54.9 Å². The summed E-state index contributed by atoms with van der Waals surface area (Å²) in [7, 11) is 4.95. The molecule has 5 saturated carbocycles. The first-order valence-corrected chi connectivity index (χ1v) is 42.8. The van der Waals surface area contributed by atoms with Gasteiger partial charge in [0.25, 0.3) is 0 Å². The van der Waals surface area contributed by atoms with Crippen LogP contribution in [0.25, 0.3) is 0 Å². The molecular weight excluding hydrogens is 1360 g/mol. The van der Waals surface area contributed by atoms with Gasteiger partial charge in [-0.2, -0.15) is 0 Å². The lowest BCUT2D eigenvalue weighted by Gasteiger charge is -2.39. The number of hydrogen-bond acceptors (Lipinski definition) is 12. The van der Waals surface area contributed by atoms with Gasteiger partial charge in [0, 0.05) is 75.8 Å². The zero-order valence-electron chi connectivity index (χ0n) is 68.8. The fourth-order valence-corrected chi connectivity index (χ4v) is 18.4. The minimum atomic E-state index is -0.648. The van der Waals surface area contributed by atoms with Gasteiger partial charge >= 0.3 is 5.97 Å². The van der Waals surface area contributed by atoms with E-state index in [1.807, 2.05) is 104 Å². The Hall–Kier alpha value is -7.70. The van der Waals surface area contributed by atoms with Gasteiger partial charge in [0.15, 0.2) is 0 Å². The number of benzene rings is 6. The largest absolute Gasteiger partial charge is 0.495 e. The highest BCUT2D eigenvalue weighted by atomic mass is 16.5. The number of para-hydroxylation sites is 4. The van der Waals surface area contributed by atoms with Gasteiger partial charge in [0.1, 0.15) is 40.9 Å². The van der Waals surface area contributed by atoms with Gasteiger partial charge in [-0.1, -0.05) is 256 Å². The molecule has 12 nitrogen and oxygen atoms in total. The number of ether oxygens (including phenoxy) is 3. The van der Waals surface area contributed by atoms with Crippen LogP contribution >= 0.6 is 0 Å². The summed E-state index contributed by atoms with van der Waals surface area (Å²) in [5.74, 6) is 5.32. The summed E-state index contributed by atoms with van der Waals surface area (Å²) in [6.45, 7) is 18.0. The summed E-state index contributed by atoms with van der Waals surface area (Å²) >= 11 is 0. The molecule has 12 heteroatoms. The molecule has 3 atom stereocenters. The number of piperidine rings is 1. The lowest BCUT2D eigenvalue weighted by atomic mass is 9.67. The van der Waals surface area contributed by atoms with Gasteiger partial charge in [-0.3, -0.25) is 28.9 Å². The molecule has 7 aliphatic rings. The molecule has 7 fully saturated rings. The second kappa shape index (κ2) is 47.0. The van der Waals surface area contributed by atoms with Crippen molar-refractivity contribution in [2.24, 2.45) is 35.5 Å². The Balaban J connectivity index is 0.000000172. The standard InChI is InChI=1S/C28H38N2O2.C19H28O.C17H22O2.C14H18O.C12H17NO.C8H14O2/c1-28(24-13-7-4-8-14-24,27(31)23-11-5-3-6-12-23)17-18-29-19-21-30(22-20-29)25-15-9-10-16-26(25)32-2;1-15(2)14-19(3,17-12-8-5-9-13-17)18(20)16-10-6-4-7-11-16;1-17(12-13-18,15-10-6-3-7-11-15)16(19)14-8-4-2-5-9-14;15-14(13-9-5-2-6-10-13)11-12-7-3-1-4-8-12;1-14-12-8-4-3-7-11(12)13-9-5-2-6-10-13;1-10-8(9)7-5-3-2-4-6-7/h4,7-10,13-16,23H,3,5-6,11-12,17-22H2,1-2H3;5,8-9,12-13,15-16H,4,6-7,10-11,14H2,1-3H3;3,6-7,10-11,13-14H,2,4-5,8-9,12H2,1H3;1,3-4,7-8,13H,2,5-6,9-11H2;3-4,7-8H,2,5-6,9-10H2,1H3;7H,2-6H2,1H3. The molecule has 0 spiro atoms. The number of aldehydes is 1. The lowest BCUT2D eigenvalue weighted by molar-refractivity contribution is -0.146. The third kappa shape index (κ3) is 26.5. The number of piperazine rings is 1. The Morgan fingerprint density at radius 3 is 1.13 bits per heavy atom. The number of Topliss-reactive ketones (excluding diaryl/α,β-unsaturated/α-hetero) is 4. The summed E-state index contributed by atoms with van der Waals surface area (Å²) in [6.07, 6.45) is 36.6. The molecule has 13 rings (SSSR count). The summed E-state index contributed by atoms with van der Waals surface area (Å²) < 4.78 is 15.6. The third-order valence-electron chi connectivity index (χ3n) is 25.0. The maximum Gasteiger partial charge on any atom is 0.308 e. The normalized spacial score (nSPS) is 19.2. The minimum absolute atomic E-state index is 0.0142. The third-order valence-corrected chi connectivity index (χ3v) is 25.0. The fraction of sp³-hybridized carbons (Fsp3) is 0.571. The molecule has 5 aliphatic carbocycles. The van der Waals surface area contributed by atoms with Gasteiger partial charge in [0.2, 0.25) is 0 Å². The van der Waals surface area contributed by atoms with E-state index in [0.29, 0.717) is 35.6 Å². The van der Waals surface area contributed by atoms with Crippen LogP contribution in [-0.4, -0.2) is 107 Å². The van der Waals surface area contributed by atoms with Gasteiger partial charge in [-0.15, -0.1) is 0 Å². The molecule has 6 aromatic carbocycles. The first kappa shape index (κ1) is 87.9. The molecule has 2 heterocycles. The maximum atomic E-state index is 13.8. The van der Waals surface area contributed by atoms with Crippen molar-refractivity contribution in [1.29, 1.82) is 0 Å². The van der Waals surface area contributed by atoms with Crippen LogP contribution in [0.2, 0.25) is 0 Å². The number of nitrogens with zero attached hydrogens (tertiary/aromatic N) is 3. The molecule has 0 N–H and O–H groups in total. The second-order valence-electron chi connectivity index (χ2n) is 33.5. The topological polar surface area (TPSA) is 140 Å². The molecule has 110 heavy (non-hydrogen) atoms. The van der Waals surface area contributed by atoms with E-state index in [2.05, 4.69) is 120 Å². The van der Waals surface area contributed by atoms with Crippen LogP contribution < -0.4 is 19.3 Å². The van der Waals surface area contributed by atoms with E-state index in [-0.39, 0.29) is 47.3 Å². The number of carbonyl (C=O) groups is 6. The zero-order valence-corrected chi connectivity index (χ0v) is 68.8. The van der Waals surface area contributed by atoms with Gasteiger partial charge in [-0.05, 0) is 176 Å².